The van der Waals surface area contributed by atoms with Crippen LogP contribution in [0.15, 0.2) is 0 Å². The number of nitrogens with zero attached hydrogens (tertiary/aromatic N) is 1. The molecule has 1 N–H and O–H groups in total. The van der Waals surface area contributed by atoms with Crippen LogP contribution in [0.1, 0.15) is 46.0 Å². The van der Waals surface area contributed by atoms with Crippen LogP contribution >= 0.6 is 0 Å². The molecule has 19 heavy (non-hydrogen) atoms. The minimum Gasteiger partial charge on any atom is -0.378 e. The first-order valence-corrected chi connectivity index (χ1v) is 7.86. The molecule has 1 saturated carbocycles. The lowest BCUT2D eigenvalue weighted by Gasteiger charge is -2.38. The zero-order valence-electron chi connectivity index (χ0n) is 12.4. The lowest BCUT2D eigenvalue weighted by Crippen LogP contribution is -2.47. The highest BCUT2D eigenvalue weighted by Gasteiger charge is 2.33. The van der Waals surface area contributed by atoms with Crippen molar-refractivity contribution in [1.82, 2.24) is 10.2 Å². The molecule has 1 aliphatic carbocycles. The molecule has 110 valence electrons. The Morgan fingerprint density at radius 1 is 1.26 bits per heavy atom. The molecule has 2 fully saturated rings. The lowest BCUT2D eigenvalue weighted by molar-refractivity contribution is -0.137. The Morgan fingerprint density at radius 3 is 2.53 bits per heavy atom. The van der Waals surface area contributed by atoms with Gasteiger partial charge in [-0.25, -0.2) is 0 Å². The highest BCUT2D eigenvalue weighted by atomic mass is 16.5. The van der Waals surface area contributed by atoms with Crippen LogP contribution in [0.25, 0.3) is 0 Å². The Morgan fingerprint density at radius 2 is 1.95 bits per heavy atom. The largest absolute Gasteiger partial charge is 0.378 e. The van der Waals surface area contributed by atoms with Gasteiger partial charge in [-0.1, -0.05) is 0 Å². The van der Waals surface area contributed by atoms with Crippen LogP contribution in [0.4, 0.5) is 0 Å². The van der Waals surface area contributed by atoms with Crippen molar-refractivity contribution in [1.29, 1.82) is 0 Å². The summed E-state index contributed by atoms with van der Waals surface area (Å²) in [6, 6.07) is 0.460. The number of nitrogens with one attached hydrogen (secondary N) is 1. The van der Waals surface area contributed by atoms with Crippen LogP contribution in [0.2, 0.25) is 0 Å². The van der Waals surface area contributed by atoms with E-state index in [1.807, 2.05) is 6.92 Å². The van der Waals surface area contributed by atoms with E-state index in [0.717, 1.165) is 58.3 Å². The first-order chi connectivity index (χ1) is 9.24. The standard InChI is InChI=1S/C15H28N2O2/c1-3-17(13-5-7-16-8-6-13)15(18)11-12-9-14(10-12)19-4-2/h12-14,16H,3-11H2,1-2H3. The average molecular weight is 268 g/mol. The Kier molecular flexibility index (Phi) is 5.64. The molecule has 0 spiro atoms. The lowest BCUT2D eigenvalue weighted by atomic mass is 9.79. The minimum atomic E-state index is 0.356. The molecule has 0 aromatic carbocycles. The fraction of sp³-hybridized carbons (Fsp3) is 0.933. The fourth-order valence-corrected chi connectivity index (χ4v) is 3.33. The molecule has 0 aromatic heterocycles. The van der Waals surface area contributed by atoms with Crippen LogP contribution in [0.3, 0.4) is 0 Å². The Labute approximate surface area is 116 Å². The summed E-state index contributed by atoms with van der Waals surface area (Å²) < 4.78 is 5.56. The summed E-state index contributed by atoms with van der Waals surface area (Å²) in [5, 5.41) is 3.36. The number of hydrogen-bond acceptors (Lipinski definition) is 3. The number of hydrogen-bond donors (Lipinski definition) is 1. The van der Waals surface area contributed by atoms with Gasteiger partial charge in [0.05, 0.1) is 6.10 Å². The number of amides is 1. The fourth-order valence-electron chi connectivity index (χ4n) is 3.33. The number of piperidine rings is 1. The highest BCUT2D eigenvalue weighted by molar-refractivity contribution is 5.77. The predicted octanol–water partition coefficient (Wildman–Crippen LogP) is 1.79. The van der Waals surface area contributed by atoms with Gasteiger partial charge < -0.3 is 15.0 Å². The van der Waals surface area contributed by atoms with E-state index in [4.69, 9.17) is 4.74 Å². The summed E-state index contributed by atoms with van der Waals surface area (Å²) in [7, 11) is 0. The van der Waals surface area contributed by atoms with E-state index in [-0.39, 0.29) is 0 Å². The molecule has 1 saturated heterocycles. The smallest absolute Gasteiger partial charge is 0.223 e. The van der Waals surface area contributed by atoms with Crippen LogP contribution in [-0.4, -0.2) is 49.2 Å². The second-order valence-corrected chi connectivity index (χ2v) is 5.78. The van der Waals surface area contributed by atoms with E-state index < -0.39 is 0 Å². The van der Waals surface area contributed by atoms with Crippen molar-refractivity contribution in [2.24, 2.45) is 5.92 Å². The highest BCUT2D eigenvalue weighted by Crippen LogP contribution is 2.33. The third-order valence-corrected chi connectivity index (χ3v) is 4.47. The second kappa shape index (κ2) is 7.25. The zero-order valence-corrected chi connectivity index (χ0v) is 12.4. The van der Waals surface area contributed by atoms with Gasteiger partial charge in [-0.2, -0.15) is 0 Å². The molecule has 0 radical (unpaired) electrons. The molecule has 4 nitrogen and oxygen atoms in total. The van der Waals surface area contributed by atoms with Crippen LogP contribution in [-0.2, 0) is 9.53 Å². The molecule has 4 heteroatoms. The van der Waals surface area contributed by atoms with Crippen molar-refractivity contribution in [3.63, 3.8) is 0 Å². The third kappa shape index (κ3) is 3.93. The van der Waals surface area contributed by atoms with Crippen molar-refractivity contribution < 1.29 is 9.53 Å². The molecule has 1 amide bonds. The minimum absolute atomic E-state index is 0.356. The summed E-state index contributed by atoms with van der Waals surface area (Å²) in [4.78, 5) is 14.5. The van der Waals surface area contributed by atoms with Crippen LogP contribution in [0.5, 0.6) is 0 Å². The van der Waals surface area contributed by atoms with Crippen LogP contribution < -0.4 is 5.32 Å². The number of ether oxygens (including phenoxy) is 1. The third-order valence-electron chi connectivity index (χ3n) is 4.47. The summed E-state index contributed by atoms with van der Waals surface area (Å²) in [5.41, 5.74) is 0. The van der Waals surface area contributed by atoms with E-state index in [0.29, 0.717) is 24.0 Å². The van der Waals surface area contributed by atoms with E-state index in [9.17, 15) is 4.79 Å². The van der Waals surface area contributed by atoms with Crippen LogP contribution in [0, 0.1) is 5.92 Å². The van der Waals surface area contributed by atoms with Gasteiger partial charge in [-0.3, -0.25) is 4.79 Å². The van der Waals surface area contributed by atoms with Gasteiger partial charge in [0, 0.05) is 25.6 Å². The number of rotatable bonds is 6. The molecular formula is C15H28N2O2. The Balaban J connectivity index is 1.74. The normalized spacial score (nSPS) is 27.9. The van der Waals surface area contributed by atoms with Crippen molar-refractivity contribution in [3.05, 3.63) is 0 Å². The number of carbonyl (C=O) groups excluding carboxylic acids is 1. The SMILES string of the molecule is CCOC1CC(CC(=O)N(CC)C2CCNCC2)C1. The van der Waals surface area contributed by atoms with Gasteiger partial charge in [0.1, 0.15) is 0 Å². The summed E-state index contributed by atoms with van der Waals surface area (Å²) in [5.74, 6) is 0.911. The maximum atomic E-state index is 12.4. The van der Waals surface area contributed by atoms with Crippen molar-refractivity contribution in [2.45, 2.75) is 58.1 Å². The first kappa shape index (κ1) is 14.8. The quantitative estimate of drug-likeness (QED) is 0.798. The van der Waals surface area contributed by atoms with E-state index in [2.05, 4.69) is 17.1 Å². The van der Waals surface area contributed by atoms with Crippen molar-refractivity contribution in [3.8, 4) is 0 Å². The molecule has 0 atom stereocenters. The van der Waals surface area contributed by atoms with Gasteiger partial charge in [0.25, 0.3) is 0 Å². The zero-order chi connectivity index (χ0) is 13.7. The maximum absolute atomic E-state index is 12.4. The van der Waals surface area contributed by atoms with Gasteiger partial charge in [0.15, 0.2) is 0 Å². The molecule has 0 unspecified atom stereocenters. The summed E-state index contributed by atoms with van der Waals surface area (Å²) in [6.07, 6.45) is 5.49. The monoisotopic (exact) mass is 268 g/mol. The summed E-state index contributed by atoms with van der Waals surface area (Å²) >= 11 is 0. The van der Waals surface area contributed by atoms with Gasteiger partial charge in [-0.15, -0.1) is 0 Å². The van der Waals surface area contributed by atoms with Gasteiger partial charge >= 0.3 is 0 Å². The van der Waals surface area contributed by atoms with E-state index >= 15 is 0 Å². The summed E-state index contributed by atoms with van der Waals surface area (Å²) in [6.45, 7) is 7.87. The van der Waals surface area contributed by atoms with E-state index in [1.165, 1.54) is 0 Å². The molecule has 2 rings (SSSR count). The second-order valence-electron chi connectivity index (χ2n) is 5.78. The van der Waals surface area contributed by atoms with Crippen molar-refractivity contribution >= 4 is 5.91 Å². The molecule has 2 aliphatic rings. The number of carbonyl (C=O) groups is 1. The Bertz CT molecular complexity index is 284. The van der Waals surface area contributed by atoms with Gasteiger partial charge in [0.2, 0.25) is 5.91 Å². The van der Waals surface area contributed by atoms with Crippen molar-refractivity contribution in [2.75, 3.05) is 26.2 Å². The van der Waals surface area contributed by atoms with Gasteiger partial charge in [-0.05, 0) is 58.5 Å². The predicted molar refractivity (Wildman–Crippen MR) is 76.0 cm³/mol. The molecule has 0 bridgehead atoms. The maximum Gasteiger partial charge on any atom is 0.223 e. The molecule has 1 heterocycles. The average Bonchev–Trinajstić information content (AvgIpc) is 2.38. The topological polar surface area (TPSA) is 41.6 Å². The molecule has 0 aromatic rings. The first-order valence-electron chi connectivity index (χ1n) is 7.86. The molecule has 1 aliphatic heterocycles. The Hall–Kier alpha value is -0.610. The van der Waals surface area contributed by atoms with E-state index in [1.54, 1.807) is 0 Å². The molecular weight excluding hydrogens is 240 g/mol.